The Hall–Kier alpha value is -2.16. The Morgan fingerprint density at radius 2 is 1.96 bits per heavy atom. The molecule has 0 saturated heterocycles. The first kappa shape index (κ1) is 20.2. The zero-order valence-electron chi connectivity index (χ0n) is 14.4. The van der Waals surface area contributed by atoms with Crippen molar-refractivity contribution >= 4 is 33.2 Å². The molecule has 2 aromatic rings. The first-order chi connectivity index (χ1) is 12.2. The summed E-state index contributed by atoms with van der Waals surface area (Å²) in [5.74, 6) is -0.970. The first-order valence-electron chi connectivity index (χ1n) is 7.50. The fourth-order valence-corrected chi connectivity index (χ4v) is 3.52. The molecule has 0 aliphatic rings. The van der Waals surface area contributed by atoms with E-state index in [2.05, 4.69) is 5.32 Å². The van der Waals surface area contributed by atoms with E-state index in [0.717, 1.165) is 4.31 Å². The van der Waals surface area contributed by atoms with Gasteiger partial charge in [0.1, 0.15) is 16.5 Å². The minimum atomic E-state index is -3.77. The summed E-state index contributed by atoms with van der Waals surface area (Å²) in [4.78, 5) is 12.1. The number of methoxy groups -OCH3 is 1. The van der Waals surface area contributed by atoms with Crippen molar-refractivity contribution in [2.45, 2.75) is 11.3 Å². The van der Waals surface area contributed by atoms with Gasteiger partial charge in [0.2, 0.25) is 15.9 Å². The average Bonchev–Trinajstić information content (AvgIpc) is 2.58. The van der Waals surface area contributed by atoms with Gasteiger partial charge in [-0.25, -0.2) is 17.1 Å². The third-order valence-electron chi connectivity index (χ3n) is 3.61. The number of hydrogen-bond acceptors (Lipinski definition) is 4. The number of nitrogens with zero attached hydrogens (tertiary/aromatic N) is 1. The Morgan fingerprint density at radius 1 is 1.27 bits per heavy atom. The van der Waals surface area contributed by atoms with Gasteiger partial charge in [0.15, 0.2) is 0 Å². The molecule has 0 heterocycles. The molecule has 6 nitrogen and oxygen atoms in total. The van der Waals surface area contributed by atoms with Gasteiger partial charge in [-0.05, 0) is 30.3 Å². The van der Waals surface area contributed by atoms with Gasteiger partial charge in [0.25, 0.3) is 0 Å². The van der Waals surface area contributed by atoms with Crippen molar-refractivity contribution in [1.82, 2.24) is 4.31 Å². The summed E-state index contributed by atoms with van der Waals surface area (Å²) in [5, 5.41) is 2.69. The van der Waals surface area contributed by atoms with Crippen LogP contribution in [0.5, 0.6) is 5.75 Å². The van der Waals surface area contributed by atoms with E-state index in [1.165, 1.54) is 57.6 Å². The predicted octanol–water partition coefficient (Wildman–Crippen LogP) is 2.92. The zero-order chi connectivity index (χ0) is 19.5. The monoisotopic (exact) mass is 400 g/mol. The largest absolute Gasteiger partial charge is 0.495 e. The lowest BCUT2D eigenvalue weighted by atomic mass is 10.1. The topological polar surface area (TPSA) is 75.7 Å². The highest BCUT2D eigenvalue weighted by atomic mass is 35.5. The summed E-state index contributed by atoms with van der Waals surface area (Å²) in [6, 6.07) is 8.36. The Kier molecular flexibility index (Phi) is 6.22. The molecule has 0 fully saturated rings. The average molecular weight is 401 g/mol. The molecular weight excluding hydrogens is 383 g/mol. The molecule has 2 rings (SSSR count). The van der Waals surface area contributed by atoms with Crippen molar-refractivity contribution in [2.75, 3.05) is 26.5 Å². The van der Waals surface area contributed by atoms with Gasteiger partial charge >= 0.3 is 0 Å². The molecule has 2 aromatic carbocycles. The fourth-order valence-electron chi connectivity index (χ4n) is 2.22. The Bertz CT molecular complexity index is 912. The maximum atomic E-state index is 13.8. The van der Waals surface area contributed by atoms with Gasteiger partial charge in [-0.2, -0.15) is 0 Å². The van der Waals surface area contributed by atoms with Crippen LogP contribution in [0.15, 0.2) is 41.3 Å². The number of rotatable bonds is 6. The summed E-state index contributed by atoms with van der Waals surface area (Å²) in [5.41, 5.74) is 0.310. The summed E-state index contributed by atoms with van der Waals surface area (Å²) in [6.45, 7) is 0. The highest BCUT2D eigenvalue weighted by molar-refractivity contribution is 7.89. The van der Waals surface area contributed by atoms with Gasteiger partial charge < -0.3 is 10.1 Å². The van der Waals surface area contributed by atoms with E-state index in [0.29, 0.717) is 0 Å². The molecule has 1 N–H and O–H groups in total. The van der Waals surface area contributed by atoms with Crippen LogP contribution in [0.1, 0.15) is 5.56 Å². The number of nitrogens with one attached hydrogen (secondary N) is 1. The number of carbonyl (C=O) groups excluding carboxylic acids is 1. The molecule has 0 unspecified atom stereocenters. The standard InChI is InChI=1S/C17H18ClFN2O4S/c1-21(2)26(23,24)16-9-11(7-8-15(16)25-3)20-17(22)10-12-13(18)5-4-6-14(12)19/h4-9H,10H2,1-3H3,(H,20,22). The molecule has 0 radical (unpaired) electrons. The molecule has 9 heteroatoms. The lowest BCUT2D eigenvalue weighted by Crippen LogP contribution is -2.23. The molecule has 0 aromatic heterocycles. The minimum absolute atomic E-state index is 0.0707. The number of hydrogen-bond donors (Lipinski definition) is 1. The third-order valence-corrected chi connectivity index (χ3v) is 5.80. The van der Waals surface area contributed by atoms with Crippen LogP contribution in [0, 0.1) is 5.82 Å². The van der Waals surface area contributed by atoms with E-state index in [-0.39, 0.29) is 33.3 Å². The smallest absolute Gasteiger partial charge is 0.246 e. The number of sulfonamides is 1. The van der Waals surface area contributed by atoms with Crippen molar-refractivity contribution in [3.05, 3.63) is 52.8 Å². The van der Waals surface area contributed by atoms with E-state index in [1.807, 2.05) is 0 Å². The maximum Gasteiger partial charge on any atom is 0.246 e. The molecule has 0 aliphatic heterocycles. The number of benzene rings is 2. The number of amides is 1. The SMILES string of the molecule is COc1ccc(NC(=O)Cc2c(F)cccc2Cl)cc1S(=O)(=O)N(C)C. The van der Waals surface area contributed by atoms with Crippen molar-refractivity contribution in [1.29, 1.82) is 0 Å². The molecule has 0 bridgehead atoms. The van der Waals surface area contributed by atoms with E-state index >= 15 is 0 Å². The second-order valence-electron chi connectivity index (χ2n) is 5.58. The van der Waals surface area contributed by atoms with Crippen LogP contribution in [0.3, 0.4) is 0 Å². The molecule has 140 valence electrons. The molecule has 0 aliphatic carbocycles. The van der Waals surface area contributed by atoms with E-state index < -0.39 is 21.7 Å². The quantitative estimate of drug-likeness (QED) is 0.808. The highest BCUT2D eigenvalue weighted by Gasteiger charge is 2.23. The summed E-state index contributed by atoms with van der Waals surface area (Å²) in [7, 11) is 0.353. The number of halogens is 2. The van der Waals surface area contributed by atoms with E-state index in [4.69, 9.17) is 16.3 Å². The van der Waals surface area contributed by atoms with Gasteiger partial charge in [-0.1, -0.05) is 17.7 Å². The van der Waals surface area contributed by atoms with Gasteiger partial charge in [-0.3, -0.25) is 4.79 Å². The Labute approximate surface area is 156 Å². The van der Waals surface area contributed by atoms with Crippen LogP contribution >= 0.6 is 11.6 Å². The number of ether oxygens (including phenoxy) is 1. The summed E-state index contributed by atoms with van der Waals surface area (Å²) >= 11 is 5.91. The van der Waals surface area contributed by atoms with Crippen molar-refractivity contribution in [3.8, 4) is 5.75 Å². The predicted molar refractivity (Wildman–Crippen MR) is 97.6 cm³/mol. The highest BCUT2D eigenvalue weighted by Crippen LogP contribution is 2.29. The zero-order valence-corrected chi connectivity index (χ0v) is 16.0. The van der Waals surface area contributed by atoms with Crippen molar-refractivity contribution < 1.29 is 22.3 Å². The molecule has 0 atom stereocenters. The maximum absolute atomic E-state index is 13.8. The molecule has 1 amide bonds. The third kappa shape index (κ3) is 4.32. The van der Waals surface area contributed by atoms with Gasteiger partial charge in [0, 0.05) is 30.4 Å². The molecule has 0 spiro atoms. The van der Waals surface area contributed by atoms with Crippen LogP contribution in [-0.2, 0) is 21.2 Å². The minimum Gasteiger partial charge on any atom is -0.495 e. The van der Waals surface area contributed by atoms with Gasteiger partial charge in [0.05, 0.1) is 13.5 Å². The molecule has 26 heavy (non-hydrogen) atoms. The summed E-state index contributed by atoms with van der Waals surface area (Å²) < 4.78 is 44.7. The molecule has 0 saturated carbocycles. The Morgan fingerprint density at radius 3 is 2.54 bits per heavy atom. The fraction of sp³-hybridized carbons (Fsp3) is 0.235. The first-order valence-corrected chi connectivity index (χ1v) is 9.32. The normalized spacial score (nSPS) is 11.5. The Balaban J connectivity index is 2.29. The van der Waals surface area contributed by atoms with Crippen LogP contribution in [-0.4, -0.2) is 39.8 Å². The molecular formula is C17H18ClFN2O4S. The van der Waals surface area contributed by atoms with Crippen LogP contribution in [0.25, 0.3) is 0 Å². The number of anilines is 1. The van der Waals surface area contributed by atoms with Crippen molar-refractivity contribution in [2.24, 2.45) is 0 Å². The second kappa shape index (κ2) is 8.03. The van der Waals surface area contributed by atoms with E-state index in [1.54, 1.807) is 0 Å². The summed E-state index contributed by atoms with van der Waals surface area (Å²) in [6.07, 6.45) is -0.284. The second-order valence-corrected chi connectivity index (χ2v) is 8.11. The lowest BCUT2D eigenvalue weighted by Gasteiger charge is -2.16. The van der Waals surface area contributed by atoms with Crippen LogP contribution in [0.2, 0.25) is 5.02 Å². The van der Waals surface area contributed by atoms with Crippen LogP contribution < -0.4 is 10.1 Å². The lowest BCUT2D eigenvalue weighted by molar-refractivity contribution is -0.115. The number of carbonyl (C=O) groups is 1. The van der Waals surface area contributed by atoms with Gasteiger partial charge in [-0.15, -0.1) is 0 Å². The van der Waals surface area contributed by atoms with E-state index in [9.17, 15) is 17.6 Å². The van der Waals surface area contributed by atoms with Crippen LogP contribution in [0.4, 0.5) is 10.1 Å². The van der Waals surface area contributed by atoms with Crippen molar-refractivity contribution in [3.63, 3.8) is 0 Å².